The average molecular weight is 174 g/mol. The third-order valence-corrected chi connectivity index (χ3v) is 1.31. The van der Waals surface area contributed by atoms with Gasteiger partial charge in [-0.3, -0.25) is 4.79 Å². The van der Waals surface area contributed by atoms with E-state index in [-0.39, 0.29) is 24.7 Å². The Kier molecular flexibility index (Phi) is 5.66. The number of nitrogens with two attached hydrogens (primary N) is 1. The van der Waals surface area contributed by atoms with E-state index < -0.39 is 0 Å². The van der Waals surface area contributed by atoms with Crippen molar-refractivity contribution in [3.8, 4) is 0 Å². The molecule has 0 aromatic rings. The molecule has 1 atom stereocenters. The van der Waals surface area contributed by atoms with Gasteiger partial charge in [0.05, 0.1) is 6.10 Å². The zero-order chi connectivity index (χ0) is 9.56. The van der Waals surface area contributed by atoms with Gasteiger partial charge in [-0.2, -0.15) is 0 Å². The van der Waals surface area contributed by atoms with Gasteiger partial charge in [0, 0.05) is 12.6 Å². The number of amides is 1. The number of ether oxygens (including phenoxy) is 1. The summed E-state index contributed by atoms with van der Waals surface area (Å²) in [6.45, 7) is 6.20. The highest BCUT2D eigenvalue weighted by atomic mass is 16.5. The molecule has 0 aliphatic carbocycles. The molecule has 0 aromatic carbocycles. The summed E-state index contributed by atoms with van der Waals surface area (Å²) < 4.78 is 5.10. The quantitative estimate of drug-likeness (QED) is 0.610. The van der Waals surface area contributed by atoms with E-state index in [4.69, 9.17) is 10.5 Å². The Hall–Kier alpha value is -0.610. The summed E-state index contributed by atoms with van der Waals surface area (Å²) in [5, 5.41) is 2.70. The molecule has 0 aromatic heterocycles. The molecule has 12 heavy (non-hydrogen) atoms. The minimum absolute atomic E-state index is 0.0215. The molecule has 0 bridgehead atoms. The van der Waals surface area contributed by atoms with Crippen molar-refractivity contribution in [2.45, 2.75) is 32.9 Å². The van der Waals surface area contributed by atoms with Gasteiger partial charge < -0.3 is 15.8 Å². The third-order valence-electron chi connectivity index (χ3n) is 1.31. The molecular weight excluding hydrogens is 156 g/mol. The Bertz CT molecular complexity index is 137. The molecular formula is C8H18N2O2. The highest BCUT2D eigenvalue weighted by molar-refractivity contribution is 5.77. The molecule has 3 N–H and O–H groups in total. The Morgan fingerprint density at radius 2 is 2.08 bits per heavy atom. The standard InChI is InChI=1S/C8H18N2O2/c1-6(2)12-5-8(11)10-7(3)4-9/h6-7H,4-5,9H2,1-3H3,(H,10,11). The van der Waals surface area contributed by atoms with Gasteiger partial charge in [0.25, 0.3) is 0 Å². The minimum Gasteiger partial charge on any atom is -0.369 e. The molecule has 4 heteroatoms. The van der Waals surface area contributed by atoms with Gasteiger partial charge >= 0.3 is 0 Å². The number of rotatable bonds is 5. The predicted octanol–water partition coefficient (Wildman–Crippen LogP) is -0.125. The van der Waals surface area contributed by atoms with E-state index in [0.717, 1.165) is 0 Å². The predicted molar refractivity (Wildman–Crippen MR) is 47.7 cm³/mol. The van der Waals surface area contributed by atoms with Crippen molar-refractivity contribution < 1.29 is 9.53 Å². The van der Waals surface area contributed by atoms with E-state index in [2.05, 4.69) is 5.32 Å². The molecule has 72 valence electrons. The van der Waals surface area contributed by atoms with E-state index in [1.54, 1.807) is 0 Å². The normalized spacial score (nSPS) is 13.1. The van der Waals surface area contributed by atoms with Crippen molar-refractivity contribution in [3.63, 3.8) is 0 Å². The van der Waals surface area contributed by atoms with Gasteiger partial charge in [-0.25, -0.2) is 0 Å². The molecule has 0 heterocycles. The summed E-state index contributed by atoms with van der Waals surface area (Å²) in [4.78, 5) is 11.0. The molecule has 0 rings (SSSR count). The van der Waals surface area contributed by atoms with E-state index >= 15 is 0 Å². The molecule has 0 aliphatic heterocycles. The smallest absolute Gasteiger partial charge is 0.246 e. The topological polar surface area (TPSA) is 64.3 Å². The maximum Gasteiger partial charge on any atom is 0.246 e. The fourth-order valence-electron chi connectivity index (χ4n) is 0.618. The summed E-state index contributed by atoms with van der Waals surface area (Å²) in [5.41, 5.74) is 5.32. The Labute approximate surface area is 73.5 Å². The van der Waals surface area contributed by atoms with Crippen molar-refractivity contribution >= 4 is 5.91 Å². The SMILES string of the molecule is CC(CN)NC(=O)COC(C)C. The highest BCUT2D eigenvalue weighted by Crippen LogP contribution is 1.87. The lowest BCUT2D eigenvalue weighted by Gasteiger charge is -2.12. The zero-order valence-corrected chi connectivity index (χ0v) is 7.96. The van der Waals surface area contributed by atoms with Gasteiger partial charge in [0.1, 0.15) is 6.61 Å². The largest absolute Gasteiger partial charge is 0.369 e. The molecule has 0 radical (unpaired) electrons. The third kappa shape index (κ3) is 6.12. The zero-order valence-electron chi connectivity index (χ0n) is 7.96. The van der Waals surface area contributed by atoms with E-state index in [1.165, 1.54) is 0 Å². The van der Waals surface area contributed by atoms with Gasteiger partial charge in [-0.1, -0.05) is 0 Å². The molecule has 0 spiro atoms. The average Bonchev–Trinajstić information content (AvgIpc) is 2.00. The van der Waals surface area contributed by atoms with E-state index in [9.17, 15) is 4.79 Å². The first-order chi connectivity index (χ1) is 5.56. The van der Waals surface area contributed by atoms with Crippen LogP contribution in [0.5, 0.6) is 0 Å². The highest BCUT2D eigenvalue weighted by Gasteiger charge is 2.05. The van der Waals surface area contributed by atoms with Crippen molar-refractivity contribution in [2.24, 2.45) is 5.73 Å². The molecule has 1 amide bonds. The first-order valence-corrected chi connectivity index (χ1v) is 4.17. The fourth-order valence-corrected chi connectivity index (χ4v) is 0.618. The molecule has 0 saturated heterocycles. The van der Waals surface area contributed by atoms with Crippen LogP contribution in [0.4, 0.5) is 0 Å². The summed E-state index contributed by atoms with van der Waals surface area (Å²) >= 11 is 0. The van der Waals surface area contributed by atoms with Crippen LogP contribution in [0.3, 0.4) is 0 Å². The summed E-state index contributed by atoms with van der Waals surface area (Å²) in [6.07, 6.45) is 0.0870. The van der Waals surface area contributed by atoms with Crippen molar-refractivity contribution in [3.05, 3.63) is 0 Å². The van der Waals surface area contributed by atoms with E-state index in [1.807, 2.05) is 20.8 Å². The van der Waals surface area contributed by atoms with Crippen molar-refractivity contribution in [2.75, 3.05) is 13.2 Å². The van der Waals surface area contributed by atoms with E-state index in [0.29, 0.717) is 6.54 Å². The monoisotopic (exact) mass is 174 g/mol. The van der Waals surface area contributed by atoms with Crippen LogP contribution in [-0.4, -0.2) is 31.2 Å². The fraction of sp³-hybridized carbons (Fsp3) is 0.875. The number of carbonyl (C=O) groups is 1. The second-order valence-corrected chi connectivity index (χ2v) is 3.06. The number of hydrogen-bond donors (Lipinski definition) is 2. The minimum atomic E-state index is -0.110. The van der Waals surface area contributed by atoms with Crippen LogP contribution in [0.25, 0.3) is 0 Å². The Morgan fingerprint density at radius 1 is 1.50 bits per heavy atom. The van der Waals surface area contributed by atoms with Gasteiger partial charge in [0.2, 0.25) is 5.91 Å². The molecule has 0 saturated carbocycles. The summed E-state index contributed by atoms with van der Waals surface area (Å²) in [5.74, 6) is -0.110. The van der Waals surface area contributed by atoms with Crippen LogP contribution in [0, 0.1) is 0 Å². The summed E-state index contributed by atoms with van der Waals surface area (Å²) in [6, 6.07) is 0.0215. The number of carbonyl (C=O) groups excluding carboxylic acids is 1. The van der Waals surface area contributed by atoms with Gasteiger partial charge in [-0.05, 0) is 20.8 Å². The van der Waals surface area contributed by atoms with Gasteiger partial charge in [0.15, 0.2) is 0 Å². The van der Waals surface area contributed by atoms with Crippen LogP contribution in [0.15, 0.2) is 0 Å². The lowest BCUT2D eigenvalue weighted by Crippen LogP contribution is -2.40. The maximum absolute atomic E-state index is 11.0. The molecule has 4 nitrogen and oxygen atoms in total. The Balaban J connectivity index is 3.46. The lowest BCUT2D eigenvalue weighted by atomic mass is 10.3. The van der Waals surface area contributed by atoms with Crippen LogP contribution in [-0.2, 0) is 9.53 Å². The van der Waals surface area contributed by atoms with Crippen LogP contribution >= 0.6 is 0 Å². The maximum atomic E-state index is 11.0. The Morgan fingerprint density at radius 3 is 2.50 bits per heavy atom. The van der Waals surface area contributed by atoms with Crippen molar-refractivity contribution in [1.29, 1.82) is 0 Å². The number of hydrogen-bond acceptors (Lipinski definition) is 3. The number of nitrogens with one attached hydrogen (secondary N) is 1. The summed E-state index contributed by atoms with van der Waals surface area (Å²) in [7, 11) is 0. The van der Waals surface area contributed by atoms with Gasteiger partial charge in [-0.15, -0.1) is 0 Å². The van der Waals surface area contributed by atoms with Crippen LogP contribution in [0.1, 0.15) is 20.8 Å². The van der Waals surface area contributed by atoms with Crippen LogP contribution in [0.2, 0.25) is 0 Å². The first kappa shape index (κ1) is 11.4. The molecule has 0 fully saturated rings. The van der Waals surface area contributed by atoms with Crippen LogP contribution < -0.4 is 11.1 Å². The van der Waals surface area contributed by atoms with Crippen molar-refractivity contribution in [1.82, 2.24) is 5.32 Å². The molecule has 1 unspecified atom stereocenters. The second kappa shape index (κ2) is 5.97. The second-order valence-electron chi connectivity index (χ2n) is 3.06. The molecule has 0 aliphatic rings. The lowest BCUT2D eigenvalue weighted by molar-refractivity contribution is -0.127. The first-order valence-electron chi connectivity index (χ1n) is 4.17.